The van der Waals surface area contributed by atoms with Crippen LogP contribution in [0.15, 0.2) is 0 Å². The molecule has 0 atom stereocenters. The maximum atomic E-state index is 6.90. The van der Waals surface area contributed by atoms with E-state index in [0.29, 0.717) is 26.4 Å². The van der Waals surface area contributed by atoms with Gasteiger partial charge >= 0.3 is 0 Å². The molecule has 0 spiro atoms. The first-order valence-electron chi connectivity index (χ1n) is 12.9. The van der Waals surface area contributed by atoms with E-state index in [4.69, 9.17) is 20.4 Å². The van der Waals surface area contributed by atoms with Crippen molar-refractivity contribution in [1.29, 1.82) is 0 Å². The normalized spacial score (nSPS) is 10.2. The van der Waals surface area contributed by atoms with Gasteiger partial charge in [0.05, 0.1) is 26.2 Å². The van der Waals surface area contributed by atoms with Crippen LogP contribution in [0.3, 0.4) is 0 Å². The molecule has 0 aliphatic heterocycles. The average molecular weight is 545 g/mol. The molecule has 9 heteroatoms. The minimum Gasteiger partial charge on any atom is -0.444 e. The van der Waals surface area contributed by atoms with E-state index in [9.17, 15) is 0 Å². The molecule has 204 valence electrons. The molecule has 0 aliphatic rings. The summed E-state index contributed by atoms with van der Waals surface area (Å²) in [5.41, 5.74) is 0. The molecule has 0 aromatic heterocycles. The van der Waals surface area contributed by atoms with Crippen LogP contribution in [0.2, 0.25) is 0 Å². The molecule has 0 aromatic rings. The first kappa shape index (κ1) is 43.3. The Bertz CT molecular complexity index is 238. The molecule has 33 heavy (non-hydrogen) atoms. The molecule has 0 aliphatic carbocycles. The molecular formula is C24H64GeN4O4+4. The second kappa shape index (κ2) is 39.4. The van der Waals surface area contributed by atoms with Crippen molar-refractivity contribution in [1.82, 2.24) is 19.6 Å². The minimum atomic E-state index is 0. The van der Waals surface area contributed by atoms with Crippen LogP contribution in [0.25, 0.3) is 0 Å². The van der Waals surface area contributed by atoms with Gasteiger partial charge in [0.2, 0.25) is 0 Å². The number of nitrogens with zero attached hydrogens (tertiary/aromatic N) is 4. The summed E-state index contributed by atoms with van der Waals surface area (Å²) in [7, 11) is 0. The molecule has 0 heterocycles. The standard InChI is InChI=1S/4C6H15NO.Ge/c4*1-3-7(4-2)5-6-8;/h4*8H,3-6H2,1-2H3;/p+4. The molecule has 8 N–H and O–H groups in total. The number of likely N-dealkylation sites (N-methyl/N-ethyl adjacent to an activating group) is 4. The van der Waals surface area contributed by atoms with Gasteiger partial charge in [-0.3, -0.25) is 19.6 Å². The van der Waals surface area contributed by atoms with Crippen molar-refractivity contribution in [2.75, 3.05) is 105 Å². The van der Waals surface area contributed by atoms with Gasteiger partial charge in [-0.2, -0.15) is 0 Å². The Hall–Kier alpha value is 0.223. The van der Waals surface area contributed by atoms with Crippen LogP contribution < -0.4 is 0 Å². The Morgan fingerprint density at radius 3 is 0.485 bits per heavy atom. The molecule has 0 rings (SSSR count). The van der Waals surface area contributed by atoms with E-state index < -0.39 is 0 Å². The fourth-order valence-corrected chi connectivity index (χ4v) is 2.79. The van der Waals surface area contributed by atoms with Crippen molar-refractivity contribution < 1.29 is 20.4 Å². The van der Waals surface area contributed by atoms with E-state index in [1.165, 1.54) is 0 Å². The topological polar surface area (TPSA) is 105 Å². The summed E-state index contributed by atoms with van der Waals surface area (Å²) in [4.78, 5) is 8.97. The van der Waals surface area contributed by atoms with Crippen LogP contribution in [0.1, 0.15) is 55.4 Å². The van der Waals surface area contributed by atoms with Gasteiger partial charge in [0.1, 0.15) is 0 Å². The summed E-state index contributed by atoms with van der Waals surface area (Å²) in [6.45, 7) is 31.4. The van der Waals surface area contributed by atoms with Gasteiger partial charge in [0.15, 0.2) is 26.4 Å². The van der Waals surface area contributed by atoms with E-state index >= 15 is 0 Å². The molecule has 4 radical (unpaired) electrons. The van der Waals surface area contributed by atoms with Crippen molar-refractivity contribution in [2.24, 2.45) is 0 Å². The second-order valence-electron chi connectivity index (χ2n) is 7.11. The molecule has 8 nitrogen and oxygen atoms in total. The number of rotatable bonds is 16. The summed E-state index contributed by atoms with van der Waals surface area (Å²) < 4.78 is 0. The monoisotopic (exact) mass is 546 g/mol. The first-order valence-corrected chi connectivity index (χ1v) is 12.9. The fourth-order valence-electron chi connectivity index (χ4n) is 2.79. The summed E-state index contributed by atoms with van der Waals surface area (Å²) in [6, 6.07) is 0. The van der Waals surface area contributed by atoms with Crippen LogP contribution in [-0.4, -0.2) is 163 Å². The predicted octanol–water partition coefficient (Wildman–Crippen LogP) is -0.170. The van der Waals surface area contributed by atoms with Crippen LogP contribution in [-0.2, 0) is 0 Å². The van der Waals surface area contributed by atoms with Crippen LogP contribution in [0, 0.1) is 0 Å². The van der Waals surface area contributed by atoms with Crippen molar-refractivity contribution in [3.8, 4) is 0 Å². The summed E-state index contributed by atoms with van der Waals surface area (Å²) in [6.07, 6.45) is 0. The quantitative estimate of drug-likeness (QED) is 0.199. The third-order valence-electron chi connectivity index (χ3n) is 5.29. The van der Waals surface area contributed by atoms with Crippen LogP contribution in [0.4, 0.5) is 0 Å². The van der Waals surface area contributed by atoms with E-state index in [1.807, 2.05) is 0 Å². The Labute approximate surface area is 217 Å². The predicted molar refractivity (Wildman–Crippen MR) is 151 cm³/mol. The Balaban J connectivity index is -0.000000105. The van der Waals surface area contributed by atoms with Crippen molar-refractivity contribution in [3.05, 3.63) is 0 Å². The van der Waals surface area contributed by atoms with E-state index in [1.54, 1.807) is 0 Å². The van der Waals surface area contributed by atoms with Gasteiger partial charge in [-0.15, -0.1) is 0 Å². The fraction of sp³-hybridized carbons (Fsp3) is 1.00. The molecule has 0 unspecified atom stereocenters. The van der Waals surface area contributed by atoms with Gasteiger partial charge in [-0.25, -0.2) is 0 Å². The Morgan fingerprint density at radius 2 is 0.455 bits per heavy atom. The number of hydrogen-bond acceptors (Lipinski definition) is 4. The van der Waals surface area contributed by atoms with Crippen LogP contribution in [0.5, 0.6) is 0 Å². The number of hydrogen-bond donors (Lipinski definition) is 0. The maximum Gasteiger partial charge on any atom is 0.156 e. The SMILES string of the molecule is CCN(CC)CC[OH2+].CCN(CC)CC[OH2+].CCN(CC)CC[OH2+].CCN(CC)CC[OH2+].[Ge]. The van der Waals surface area contributed by atoms with Crippen molar-refractivity contribution >= 4 is 17.6 Å². The third-order valence-corrected chi connectivity index (χ3v) is 5.29. The summed E-state index contributed by atoms with van der Waals surface area (Å²) in [5, 5.41) is 27.6. The van der Waals surface area contributed by atoms with Gasteiger partial charge in [-0.1, -0.05) is 55.4 Å². The zero-order valence-electron chi connectivity index (χ0n) is 23.6. The summed E-state index contributed by atoms with van der Waals surface area (Å²) in [5.74, 6) is 0. The molecule has 0 amide bonds. The van der Waals surface area contributed by atoms with Gasteiger partial charge < -0.3 is 20.4 Å². The molecule has 0 fully saturated rings. The smallest absolute Gasteiger partial charge is 0.156 e. The maximum absolute atomic E-state index is 6.90. The zero-order chi connectivity index (χ0) is 25.6. The average Bonchev–Trinajstić information content (AvgIpc) is 2.84. The summed E-state index contributed by atoms with van der Waals surface area (Å²) >= 11 is 0. The molecule has 0 saturated carbocycles. The van der Waals surface area contributed by atoms with Gasteiger partial charge in [0.25, 0.3) is 0 Å². The second-order valence-corrected chi connectivity index (χ2v) is 7.11. The van der Waals surface area contributed by atoms with E-state index in [0.717, 1.165) is 78.5 Å². The zero-order valence-corrected chi connectivity index (χ0v) is 25.7. The molecule has 0 bridgehead atoms. The van der Waals surface area contributed by atoms with Crippen LogP contribution >= 0.6 is 0 Å². The minimum absolute atomic E-state index is 0. The third kappa shape index (κ3) is 37.0. The Kier molecular flexibility index (Phi) is 51.8. The van der Waals surface area contributed by atoms with Crippen molar-refractivity contribution in [2.45, 2.75) is 55.4 Å². The molecule has 0 saturated heterocycles. The van der Waals surface area contributed by atoms with E-state index in [-0.39, 0.29) is 17.6 Å². The first-order chi connectivity index (χ1) is 15.4. The largest absolute Gasteiger partial charge is 0.444 e. The van der Waals surface area contributed by atoms with Crippen molar-refractivity contribution in [3.63, 3.8) is 0 Å². The Morgan fingerprint density at radius 1 is 0.333 bits per heavy atom. The van der Waals surface area contributed by atoms with E-state index in [2.05, 4.69) is 75.0 Å². The van der Waals surface area contributed by atoms with Gasteiger partial charge in [-0.05, 0) is 52.4 Å². The molecular weight excluding hydrogens is 481 g/mol. The van der Waals surface area contributed by atoms with Gasteiger partial charge in [0, 0.05) is 17.6 Å². The molecule has 0 aromatic carbocycles.